The lowest BCUT2D eigenvalue weighted by Crippen LogP contribution is -2.35. The van der Waals surface area contributed by atoms with Crippen molar-refractivity contribution in [1.29, 1.82) is 0 Å². The van der Waals surface area contributed by atoms with Gasteiger partial charge in [-0.05, 0) is 25.0 Å². The number of rotatable bonds is 3. The van der Waals surface area contributed by atoms with E-state index in [1.807, 2.05) is 13.8 Å². The topological polar surface area (TPSA) is 68.8 Å². The first-order valence-corrected chi connectivity index (χ1v) is 7.20. The Labute approximate surface area is 123 Å². The van der Waals surface area contributed by atoms with Gasteiger partial charge < -0.3 is 24.8 Å². The van der Waals surface area contributed by atoms with E-state index in [1.165, 1.54) is 0 Å². The van der Waals surface area contributed by atoms with Gasteiger partial charge in [0.15, 0.2) is 11.5 Å². The van der Waals surface area contributed by atoms with Gasteiger partial charge in [0.25, 0.3) is 0 Å². The van der Waals surface area contributed by atoms with Gasteiger partial charge in [0.1, 0.15) is 0 Å². The molecule has 1 aromatic rings. The van der Waals surface area contributed by atoms with Crippen molar-refractivity contribution in [1.82, 2.24) is 5.32 Å². The van der Waals surface area contributed by atoms with Gasteiger partial charge in [0.2, 0.25) is 5.79 Å². The molecule has 0 aromatic heterocycles. The predicted octanol–water partition coefficient (Wildman–Crippen LogP) is 2.49. The second kappa shape index (κ2) is 5.44. The van der Waals surface area contributed by atoms with Crippen LogP contribution in [0.25, 0.3) is 0 Å². The lowest BCUT2D eigenvalue weighted by atomic mass is 10.2. The zero-order chi connectivity index (χ0) is 14.9. The van der Waals surface area contributed by atoms with Gasteiger partial charge in [-0.15, -0.1) is 0 Å². The minimum absolute atomic E-state index is 0.133. The van der Waals surface area contributed by atoms with E-state index in [9.17, 15) is 4.79 Å². The number of amides is 2. The van der Waals surface area contributed by atoms with Crippen molar-refractivity contribution < 1.29 is 19.0 Å². The molecule has 1 atom stereocenters. The number of hydrogen-bond acceptors (Lipinski definition) is 4. The second-order valence-corrected chi connectivity index (χ2v) is 5.74. The molecular formula is C15H20N2O4. The lowest BCUT2D eigenvalue weighted by molar-refractivity contribution is -0.0431. The molecule has 114 valence electrons. The molecule has 2 aliphatic rings. The molecule has 0 saturated carbocycles. The summed E-state index contributed by atoms with van der Waals surface area (Å²) in [6.07, 6.45) is 2.19. The van der Waals surface area contributed by atoms with E-state index < -0.39 is 5.79 Å². The number of carbonyl (C=O) groups excluding carboxylic acids is 1. The molecule has 0 bridgehead atoms. The maximum Gasteiger partial charge on any atom is 0.319 e. The molecule has 6 nitrogen and oxygen atoms in total. The smallest absolute Gasteiger partial charge is 0.319 e. The van der Waals surface area contributed by atoms with Crippen LogP contribution in [0.2, 0.25) is 0 Å². The average molecular weight is 292 g/mol. The van der Waals surface area contributed by atoms with Gasteiger partial charge in [0, 0.05) is 38.8 Å². The van der Waals surface area contributed by atoms with Crippen LogP contribution in [0.15, 0.2) is 18.2 Å². The van der Waals surface area contributed by atoms with E-state index in [-0.39, 0.29) is 12.1 Å². The molecule has 1 saturated heterocycles. The second-order valence-electron chi connectivity index (χ2n) is 5.74. The van der Waals surface area contributed by atoms with Crippen molar-refractivity contribution in [3.63, 3.8) is 0 Å². The van der Waals surface area contributed by atoms with Crippen molar-refractivity contribution in [2.45, 2.75) is 38.6 Å². The first-order chi connectivity index (χ1) is 10.0. The number of benzene rings is 1. The van der Waals surface area contributed by atoms with Crippen molar-refractivity contribution in [3.05, 3.63) is 18.2 Å². The van der Waals surface area contributed by atoms with Crippen LogP contribution < -0.4 is 20.1 Å². The van der Waals surface area contributed by atoms with E-state index >= 15 is 0 Å². The fraction of sp³-hybridized carbons (Fsp3) is 0.533. The van der Waals surface area contributed by atoms with Crippen LogP contribution in [0.4, 0.5) is 10.5 Å². The highest BCUT2D eigenvalue weighted by atomic mass is 16.7. The third-order valence-electron chi connectivity index (χ3n) is 3.43. The SMILES string of the molecule is CC1(C)Oc2ccc(NC(=O)NCC3CCCO3)cc2O1. The Bertz CT molecular complexity index is 538. The molecule has 6 heteroatoms. The highest BCUT2D eigenvalue weighted by Crippen LogP contribution is 2.40. The Kier molecular flexibility index (Phi) is 3.63. The van der Waals surface area contributed by atoms with Crippen molar-refractivity contribution in [2.75, 3.05) is 18.5 Å². The number of fused-ring (bicyclic) bond motifs is 1. The molecule has 1 unspecified atom stereocenters. The van der Waals surface area contributed by atoms with Crippen LogP contribution >= 0.6 is 0 Å². The molecule has 0 radical (unpaired) electrons. The fourth-order valence-corrected chi connectivity index (χ4v) is 2.49. The molecular weight excluding hydrogens is 272 g/mol. The minimum Gasteiger partial charge on any atom is -0.449 e. The van der Waals surface area contributed by atoms with E-state index in [0.717, 1.165) is 19.4 Å². The van der Waals surface area contributed by atoms with Gasteiger partial charge >= 0.3 is 6.03 Å². The van der Waals surface area contributed by atoms with Crippen molar-refractivity contribution in [2.24, 2.45) is 0 Å². The number of anilines is 1. The van der Waals surface area contributed by atoms with Crippen LogP contribution in [-0.2, 0) is 4.74 Å². The molecule has 1 fully saturated rings. The summed E-state index contributed by atoms with van der Waals surface area (Å²) >= 11 is 0. The zero-order valence-corrected chi connectivity index (χ0v) is 12.3. The normalized spacial score (nSPS) is 22.1. The summed E-state index contributed by atoms with van der Waals surface area (Å²) in [5.41, 5.74) is 0.667. The number of hydrogen-bond donors (Lipinski definition) is 2. The summed E-state index contributed by atoms with van der Waals surface area (Å²) in [5.74, 6) is 0.658. The number of nitrogens with one attached hydrogen (secondary N) is 2. The molecule has 2 aliphatic heterocycles. The summed E-state index contributed by atoms with van der Waals surface area (Å²) in [6.45, 7) is 5.00. The minimum atomic E-state index is -0.664. The molecule has 2 amide bonds. The van der Waals surface area contributed by atoms with E-state index in [0.29, 0.717) is 23.7 Å². The van der Waals surface area contributed by atoms with Crippen molar-refractivity contribution >= 4 is 11.7 Å². The third-order valence-corrected chi connectivity index (χ3v) is 3.43. The molecule has 2 N–H and O–H groups in total. The van der Waals surface area contributed by atoms with E-state index in [2.05, 4.69) is 10.6 Å². The summed E-state index contributed by atoms with van der Waals surface area (Å²) in [6, 6.07) is 5.09. The quantitative estimate of drug-likeness (QED) is 0.898. The summed E-state index contributed by atoms with van der Waals surface area (Å²) in [7, 11) is 0. The Balaban J connectivity index is 1.54. The van der Waals surface area contributed by atoms with E-state index in [1.54, 1.807) is 18.2 Å². The van der Waals surface area contributed by atoms with E-state index in [4.69, 9.17) is 14.2 Å². The Morgan fingerprint density at radius 2 is 2.14 bits per heavy atom. The molecule has 0 spiro atoms. The summed E-state index contributed by atoms with van der Waals surface area (Å²) in [4.78, 5) is 11.8. The van der Waals surface area contributed by atoms with Gasteiger partial charge in [0.05, 0.1) is 6.10 Å². The fourth-order valence-electron chi connectivity index (χ4n) is 2.49. The molecule has 1 aromatic carbocycles. The molecule has 2 heterocycles. The highest BCUT2D eigenvalue weighted by Gasteiger charge is 2.31. The van der Waals surface area contributed by atoms with Crippen molar-refractivity contribution in [3.8, 4) is 11.5 Å². The van der Waals surface area contributed by atoms with Gasteiger partial charge in [-0.3, -0.25) is 0 Å². The highest BCUT2D eigenvalue weighted by molar-refractivity contribution is 5.89. The number of ether oxygens (including phenoxy) is 3. The van der Waals surface area contributed by atoms with Crippen LogP contribution in [0.3, 0.4) is 0 Å². The summed E-state index contributed by atoms with van der Waals surface area (Å²) in [5, 5.41) is 5.59. The van der Waals surface area contributed by atoms with Crippen LogP contribution in [0, 0.1) is 0 Å². The van der Waals surface area contributed by atoms with Crippen LogP contribution in [-0.4, -0.2) is 31.1 Å². The van der Waals surface area contributed by atoms with Gasteiger partial charge in [-0.1, -0.05) is 0 Å². The molecule has 21 heavy (non-hydrogen) atoms. The lowest BCUT2D eigenvalue weighted by Gasteiger charge is -2.16. The Morgan fingerprint density at radius 1 is 1.33 bits per heavy atom. The van der Waals surface area contributed by atoms with Crippen LogP contribution in [0.5, 0.6) is 11.5 Å². The Morgan fingerprint density at radius 3 is 2.90 bits per heavy atom. The first kappa shape index (κ1) is 14.0. The molecule has 3 rings (SSSR count). The maximum atomic E-state index is 11.8. The average Bonchev–Trinajstić information content (AvgIpc) is 3.01. The predicted molar refractivity (Wildman–Crippen MR) is 77.8 cm³/mol. The maximum absolute atomic E-state index is 11.8. The van der Waals surface area contributed by atoms with Gasteiger partial charge in [-0.2, -0.15) is 0 Å². The standard InChI is InChI=1S/C15H20N2O4/c1-15(2)20-12-6-5-10(8-13(12)21-15)17-14(18)16-9-11-4-3-7-19-11/h5-6,8,11H,3-4,7,9H2,1-2H3,(H2,16,17,18). The zero-order valence-electron chi connectivity index (χ0n) is 12.3. The number of carbonyl (C=O) groups is 1. The van der Waals surface area contributed by atoms with Gasteiger partial charge in [-0.25, -0.2) is 4.79 Å². The Hall–Kier alpha value is -1.95. The third kappa shape index (κ3) is 3.39. The number of urea groups is 1. The first-order valence-electron chi connectivity index (χ1n) is 7.20. The monoisotopic (exact) mass is 292 g/mol. The van der Waals surface area contributed by atoms with Crippen LogP contribution in [0.1, 0.15) is 26.7 Å². The molecule has 0 aliphatic carbocycles. The summed E-state index contributed by atoms with van der Waals surface area (Å²) < 4.78 is 16.7. The largest absolute Gasteiger partial charge is 0.449 e.